The van der Waals surface area contributed by atoms with Crippen LogP contribution in [0, 0.1) is 10.1 Å². The molecule has 0 spiro atoms. The first-order valence-electron chi connectivity index (χ1n) is 6.28. The van der Waals surface area contributed by atoms with Gasteiger partial charge in [0.15, 0.2) is 0 Å². The van der Waals surface area contributed by atoms with Crippen LogP contribution in [0.2, 0.25) is 0 Å². The maximum Gasteiger partial charge on any atom is 0.282 e. The van der Waals surface area contributed by atoms with Gasteiger partial charge in [-0.25, -0.2) is 0 Å². The molecule has 18 heavy (non-hydrogen) atoms. The van der Waals surface area contributed by atoms with E-state index in [-0.39, 0.29) is 10.6 Å². The molecule has 0 saturated heterocycles. The highest BCUT2D eigenvalue weighted by Crippen LogP contribution is 2.29. The van der Waals surface area contributed by atoms with Gasteiger partial charge in [0, 0.05) is 17.9 Å². The number of thioether (sulfide) groups is 1. The van der Waals surface area contributed by atoms with E-state index in [1.165, 1.54) is 0 Å². The number of hydrogen-bond donors (Lipinski definition) is 1. The summed E-state index contributed by atoms with van der Waals surface area (Å²) in [6.07, 6.45) is 2.14. The van der Waals surface area contributed by atoms with Crippen molar-refractivity contribution in [2.24, 2.45) is 0 Å². The molecule has 0 aliphatic heterocycles. The zero-order valence-corrected chi connectivity index (χ0v) is 11.7. The number of para-hydroxylation sites is 1. The number of nitro benzene ring substituents is 1. The van der Waals surface area contributed by atoms with Crippen LogP contribution >= 0.6 is 11.8 Å². The van der Waals surface area contributed by atoms with E-state index in [9.17, 15) is 10.1 Å². The summed E-state index contributed by atoms with van der Waals surface area (Å²) in [7, 11) is 0. The third kappa shape index (κ3) is 4.66. The van der Waals surface area contributed by atoms with Crippen LogP contribution in [-0.4, -0.2) is 23.3 Å². The van der Waals surface area contributed by atoms with Crippen molar-refractivity contribution in [1.82, 2.24) is 5.32 Å². The molecule has 1 N–H and O–H groups in total. The summed E-state index contributed by atoms with van der Waals surface area (Å²) in [5.74, 6) is 0.862. The fourth-order valence-corrected chi connectivity index (χ4v) is 2.79. The highest BCUT2D eigenvalue weighted by Gasteiger charge is 2.14. The van der Waals surface area contributed by atoms with E-state index in [1.54, 1.807) is 23.9 Å². The van der Waals surface area contributed by atoms with Gasteiger partial charge in [0.05, 0.1) is 9.82 Å². The Kier molecular flexibility index (Phi) is 6.75. The molecule has 1 atom stereocenters. The second-order valence-corrected chi connectivity index (χ2v) is 5.16. The average molecular weight is 268 g/mol. The number of hydrogen-bond acceptors (Lipinski definition) is 4. The van der Waals surface area contributed by atoms with E-state index in [4.69, 9.17) is 0 Å². The van der Waals surface area contributed by atoms with Gasteiger partial charge in [-0.15, -0.1) is 11.8 Å². The van der Waals surface area contributed by atoms with Gasteiger partial charge in [-0.2, -0.15) is 0 Å². The number of nitrogens with zero attached hydrogens (tertiary/aromatic N) is 1. The van der Waals surface area contributed by atoms with E-state index >= 15 is 0 Å². The van der Waals surface area contributed by atoms with Crippen molar-refractivity contribution >= 4 is 17.4 Å². The molecule has 0 radical (unpaired) electrons. The number of rotatable bonds is 8. The number of nitrogens with one attached hydrogen (secondary N) is 1. The average Bonchev–Trinajstić information content (AvgIpc) is 2.39. The zero-order chi connectivity index (χ0) is 13.4. The van der Waals surface area contributed by atoms with Gasteiger partial charge in [-0.1, -0.05) is 26.0 Å². The minimum atomic E-state index is -0.317. The van der Waals surface area contributed by atoms with Gasteiger partial charge >= 0.3 is 0 Å². The molecule has 4 nitrogen and oxygen atoms in total. The highest BCUT2D eigenvalue weighted by molar-refractivity contribution is 7.99. The minimum absolute atomic E-state index is 0.202. The Morgan fingerprint density at radius 1 is 1.39 bits per heavy atom. The Morgan fingerprint density at radius 2 is 2.11 bits per heavy atom. The summed E-state index contributed by atoms with van der Waals surface area (Å²) >= 11 is 1.55. The Balaban J connectivity index is 2.59. The van der Waals surface area contributed by atoms with Crippen molar-refractivity contribution in [3.63, 3.8) is 0 Å². The summed E-state index contributed by atoms with van der Waals surface area (Å²) in [5.41, 5.74) is 0.202. The SMILES string of the molecule is CCCNC(CC)CSc1ccccc1[N+](=O)[O-]. The number of nitro groups is 1. The van der Waals surface area contributed by atoms with Crippen molar-refractivity contribution in [3.05, 3.63) is 34.4 Å². The third-order valence-electron chi connectivity index (χ3n) is 2.68. The van der Waals surface area contributed by atoms with Crippen LogP contribution in [0.4, 0.5) is 5.69 Å². The second-order valence-electron chi connectivity index (χ2n) is 4.10. The molecule has 1 unspecified atom stereocenters. The second kappa shape index (κ2) is 8.11. The molecule has 0 fully saturated rings. The van der Waals surface area contributed by atoms with Crippen molar-refractivity contribution < 1.29 is 4.92 Å². The lowest BCUT2D eigenvalue weighted by Gasteiger charge is -2.15. The van der Waals surface area contributed by atoms with E-state index in [1.807, 2.05) is 12.1 Å². The Morgan fingerprint density at radius 3 is 2.72 bits per heavy atom. The van der Waals surface area contributed by atoms with Crippen molar-refractivity contribution in [2.45, 2.75) is 37.6 Å². The summed E-state index contributed by atoms with van der Waals surface area (Å²) in [6.45, 7) is 5.26. The van der Waals surface area contributed by atoms with E-state index in [2.05, 4.69) is 19.2 Å². The molecule has 0 aromatic heterocycles. The quantitative estimate of drug-likeness (QED) is 0.445. The topological polar surface area (TPSA) is 55.2 Å². The predicted molar refractivity (Wildman–Crippen MR) is 76.2 cm³/mol. The van der Waals surface area contributed by atoms with Crippen molar-refractivity contribution in [1.29, 1.82) is 0 Å². The lowest BCUT2D eigenvalue weighted by atomic mass is 10.2. The first-order valence-corrected chi connectivity index (χ1v) is 7.27. The van der Waals surface area contributed by atoms with Crippen LogP contribution in [0.5, 0.6) is 0 Å². The lowest BCUT2D eigenvalue weighted by Crippen LogP contribution is -2.31. The molecule has 5 heteroatoms. The zero-order valence-electron chi connectivity index (χ0n) is 10.9. The highest BCUT2D eigenvalue weighted by atomic mass is 32.2. The van der Waals surface area contributed by atoms with E-state index in [0.717, 1.165) is 30.0 Å². The predicted octanol–water partition coefficient (Wildman–Crippen LogP) is 3.47. The maximum atomic E-state index is 10.9. The van der Waals surface area contributed by atoms with Gasteiger partial charge in [0.25, 0.3) is 5.69 Å². The monoisotopic (exact) mass is 268 g/mol. The fourth-order valence-electron chi connectivity index (χ4n) is 1.59. The standard InChI is InChI=1S/C13H20N2O2S/c1-3-9-14-11(4-2)10-18-13-8-6-5-7-12(13)15(16)17/h5-8,11,14H,3-4,9-10H2,1-2H3. The summed E-state index contributed by atoms with van der Waals surface area (Å²) < 4.78 is 0. The molecule has 0 bridgehead atoms. The first kappa shape index (κ1) is 15.0. The van der Waals surface area contributed by atoms with Crippen LogP contribution in [0.25, 0.3) is 0 Å². The fraction of sp³-hybridized carbons (Fsp3) is 0.538. The Labute approximate surface area is 112 Å². The Hall–Kier alpha value is -1.07. The molecule has 0 heterocycles. The van der Waals surface area contributed by atoms with Crippen molar-refractivity contribution in [2.75, 3.05) is 12.3 Å². The molecular formula is C13H20N2O2S. The van der Waals surface area contributed by atoms with Gasteiger partial charge in [0.2, 0.25) is 0 Å². The van der Waals surface area contributed by atoms with Gasteiger partial charge in [-0.05, 0) is 25.5 Å². The maximum absolute atomic E-state index is 10.9. The molecule has 0 saturated carbocycles. The van der Waals surface area contributed by atoms with Crippen LogP contribution < -0.4 is 5.32 Å². The van der Waals surface area contributed by atoms with E-state index in [0.29, 0.717) is 6.04 Å². The van der Waals surface area contributed by atoms with Gasteiger partial charge < -0.3 is 5.32 Å². The molecule has 0 amide bonds. The number of benzene rings is 1. The normalized spacial score (nSPS) is 12.3. The third-order valence-corrected chi connectivity index (χ3v) is 3.90. The lowest BCUT2D eigenvalue weighted by molar-refractivity contribution is -0.387. The van der Waals surface area contributed by atoms with E-state index < -0.39 is 0 Å². The smallest absolute Gasteiger partial charge is 0.282 e. The van der Waals surface area contributed by atoms with Crippen LogP contribution in [0.15, 0.2) is 29.2 Å². The van der Waals surface area contributed by atoms with Crippen molar-refractivity contribution in [3.8, 4) is 0 Å². The van der Waals surface area contributed by atoms with Gasteiger partial charge in [-0.3, -0.25) is 10.1 Å². The Bertz CT molecular complexity index is 385. The molecule has 1 aromatic carbocycles. The van der Waals surface area contributed by atoms with Crippen LogP contribution in [0.3, 0.4) is 0 Å². The molecule has 100 valence electrons. The molecular weight excluding hydrogens is 248 g/mol. The van der Waals surface area contributed by atoms with Crippen LogP contribution in [0.1, 0.15) is 26.7 Å². The van der Waals surface area contributed by atoms with Crippen LogP contribution in [-0.2, 0) is 0 Å². The first-order chi connectivity index (χ1) is 8.69. The minimum Gasteiger partial charge on any atom is -0.313 e. The summed E-state index contributed by atoms with van der Waals surface area (Å²) in [4.78, 5) is 11.3. The molecule has 1 rings (SSSR count). The summed E-state index contributed by atoms with van der Waals surface area (Å²) in [6, 6.07) is 7.33. The molecule has 0 aliphatic carbocycles. The molecule has 1 aromatic rings. The summed E-state index contributed by atoms with van der Waals surface area (Å²) in [5, 5.41) is 14.3. The molecule has 0 aliphatic rings. The largest absolute Gasteiger partial charge is 0.313 e. The van der Waals surface area contributed by atoms with Gasteiger partial charge in [0.1, 0.15) is 0 Å².